The van der Waals surface area contributed by atoms with Crippen LogP contribution in [0.15, 0.2) is 24.3 Å². The second-order valence-corrected chi connectivity index (χ2v) is 6.20. The molecule has 5 nitrogen and oxygen atoms in total. The summed E-state index contributed by atoms with van der Waals surface area (Å²) in [6.45, 7) is 3.50. The molecule has 126 valence electrons. The highest BCUT2D eigenvalue weighted by Crippen LogP contribution is 2.19. The van der Waals surface area contributed by atoms with Crippen LogP contribution in [-0.4, -0.2) is 49.9 Å². The van der Waals surface area contributed by atoms with E-state index < -0.39 is 0 Å². The Morgan fingerprint density at radius 1 is 1.35 bits per heavy atom. The van der Waals surface area contributed by atoms with Gasteiger partial charge in [0, 0.05) is 19.8 Å². The highest BCUT2D eigenvalue weighted by atomic mass is 19.1. The van der Waals surface area contributed by atoms with Gasteiger partial charge in [0.05, 0.1) is 13.1 Å². The van der Waals surface area contributed by atoms with E-state index in [2.05, 4.69) is 5.32 Å². The smallest absolute Gasteiger partial charge is 0.317 e. The lowest BCUT2D eigenvalue weighted by molar-refractivity contribution is 0.0419. The lowest BCUT2D eigenvalue weighted by Gasteiger charge is -2.38. The van der Waals surface area contributed by atoms with Crippen LogP contribution in [0.1, 0.15) is 19.3 Å². The van der Waals surface area contributed by atoms with Crippen LogP contribution < -0.4 is 10.1 Å². The number of amides is 2. The van der Waals surface area contributed by atoms with Crippen LogP contribution in [0, 0.1) is 11.7 Å². The second-order valence-electron chi connectivity index (χ2n) is 6.20. The molecule has 1 aromatic rings. The van der Waals surface area contributed by atoms with Gasteiger partial charge in [0.25, 0.3) is 0 Å². The van der Waals surface area contributed by atoms with Crippen molar-refractivity contribution in [1.29, 1.82) is 0 Å². The SMILES string of the molecule is O=C(NCC[C@H]1CCCOC1)N1CC(Oc2ccc(F)cc2)C1. The third-order valence-electron chi connectivity index (χ3n) is 4.34. The average molecular weight is 322 g/mol. The van der Waals surface area contributed by atoms with E-state index in [1.54, 1.807) is 17.0 Å². The topological polar surface area (TPSA) is 50.8 Å². The monoisotopic (exact) mass is 322 g/mol. The van der Waals surface area contributed by atoms with Crippen molar-refractivity contribution >= 4 is 6.03 Å². The molecule has 0 radical (unpaired) electrons. The minimum Gasteiger partial charge on any atom is -0.487 e. The van der Waals surface area contributed by atoms with Gasteiger partial charge < -0.3 is 19.7 Å². The van der Waals surface area contributed by atoms with Crippen molar-refractivity contribution < 1.29 is 18.7 Å². The van der Waals surface area contributed by atoms with Gasteiger partial charge in [-0.15, -0.1) is 0 Å². The van der Waals surface area contributed by atoms with E-state index in [-0.39, 0.29) is 18.0 Å². The Labute approximate surface area is 135 Å². The van der Waals surface area contributed by atoms with Crippen molar-refractivity contribution in [3.63, 3.8) is 0 Å². The first-order valence-corrected chi connectivity index (χ1v) is 8.23. The molecule has 0 unspecified atom stereocenters. The van der Waals surface area contributed by atoms with Gasteiger partial charge in [0.15, 0.2) is 0 Å². The van der Waals surface area contributed by atoms with Crippen molar-refractivity contribution in [3.05, 3.63) is 30.1 Å². The Kier molecular flexibility index (Phi) is 5.33. The van der Waals surface area contributed by atoms with Gasteiger partial charge in [-0.1, -0.05) is 0 Å². The zero-order chi connectivity index (χ0) is 16.1. The number of carbonyl (C=O) groups excluding carboxylic acids is 1. The predicted molar refractivity (Wildman–Crippen MR) is 83.9 cm³/mol. The molecule has 0 bridgehead atoms. The van der Waals surface area contributed by atoms with Gasteiger partial charge in [0.1, 0.15) is 17.7 Å². The molecule has 0 aromatic heterocycles. The summed E-state index contributed by atoms with van der Waals surface area (Å²) in [4.78, 5) is 13.7. The number of rotatable bonds is 5. The summed E-state index contributed by atoms with van der Waals surface area (Å²) in [5, 5.41) is 2.95. The van der Waals surface area contributed by atoms with Crippen LogP contribution in [0.3, 0.4) is 0 Å². The normalized spacial score (nSPS) is 21.6. The number of likely N-dealkylation sites (tertiary alicyclic amines) is 1. The molecule has 0 spiro atoms. The third-order valence-corrected chi connectivity index (χ3v) is 4.34. The molecule has 2 aliphatic rings. The first kappa shape index (κ1) is 16.1. The fraction of sp³-hybridized carbons (Fsp3) is 0.588. The zero-order valence-corrected chi connectivity index (χ0v) is 13.2. The molecule has 2 fully saturated rings. The molecule has 0 saturated carbocycles. The Bertz CT molecular complexity index is 511. The molecular weight excluding hydrogens is 299 g/mol. The maximum atomic E-state index is 12.8. The third kappa shape index (κ3) is 4.58. The van der Waals surface area contributed by atoms with Gasteiger partial charge in [0.2, 0.25) is 0 Å². The van der Waals surface area contributed by atoms with E-state index in [0.717, 1.165) is 26.1 Å². The summed E-state index contributed by atoms with van der Waals surface area (Å²) in [5.74, 6) is 0.916. The van der Waals surface area contributed by atoms with Crippen LogP contribution in [0.5, 0.6) is 5.75 Å². The summed E-state index contributed by atoms with van der Waals surface area (Å²) < 4.78 is 23.9. The summed E-state index contributed by atoms with van der Waals surface area (Å²) in [6, 6.07) is 5.90. The summed E-state index contributed by atoms with van der Waals surface area (Å²) in [6.07, 6.45) is 3.26. The fourth-order valence-corrected chi connectivity index (χ4v) is 2.91. The molecule has 2 amide bonds. The first-order chi connectivity index (χ1) is 11.2. The van der Waals surface area contributed by atoms with Gasteiger partial charge in [-0.25, -0.2) is 9.18 Å². The van der Waals surface area contributed by atoms with E-state index >= 15 is 0 Å². The van der Waals surface area contributed by atoms with Gasteiger partial charge in [-0.2, -0.15) is 0 Å². The molecule has 1 atom stereocenters. The Morgan fingerprint density at radius 2 is 2.13 bits per heavy atom. The van der Waals surface area contributed by atoms with E-state index in [0.29, 0.717) is 31.3 Å². The lowest BCUT2D eigenvalue weighted by atomic mass is 9.99. The number of carbonyl (C=O) groups is 1. The van der Waals surface area contributed by atoms with E-state index in [4.69, 9.17) is 9.47 Å². The number of nitrogens with zero attached hydrogens (tertiary/aromatic N) is 1. The molecule has 0 aliphatic carbocycles. The second kappa shape index (κ2) is 7.64. The highest BCUT2D eigenvalue weighted by molar-refractivity contribution is 5.75. The van der Waals surface area contributed by atoms with Crippen molar-refractivity contribution in [1.82, 2.24) is 10.2 Å². The molecule has 2 heterocycles. The van der Waals surface area contributed by atoms with Crippen LogP contribution >= 0.6 is 0 Å². The quantitative estimate of drug-likeness (QED) is 0.906. The van der Waals surface area contributed by atoms with Gasteiger partial charge >= 0.3 is 6.03 Å². The number of hydrogen-bond acceptors (Lipinski definition) is 3. The summed E-state index contributed by atoms with van der Waals surface area (Å²) in [7, 11) is 0. The molecule has 23 heavy (non-hydrogen) atoms. The number of urea groups is 1. The lowest BCUT2D eigenvalue weighted by Crippen LogP contribution is -2.59. The molecule has 1 N–H and O–H groups in total. The number of nitrogens with one attached hydrogen (secondary N) is 1. The van der Waals surface area contributed by atoms with E-state index in [1.807, 2.05) is 0 Å². The molecule has 3 rings (SSSR count). The number of halogens is 1. The maximum absolute atomic E-state index is 12.8. The maximum Gasteiger partial charge on any atom is 0.317 e. The van der Waals surface area contributed by atoms with Crippen molar-refractivity contribution in [3.8, 4) is 5.75 Å². The fourth-order valence-electron chi connectivity index (χ4n) is 2.91. The molecule has 1 aromatic carbocycles. The summed E-state index contributed by atoms with van der Waals surface area (Å²) in [5.41, 5.74) is 0. The van der Waals surface area contributed by atoms with Gasteiger partial charge in [-0.05, 0) is 49.4 Å². The van der Waals surface area contributed by atoms with Crippen LogP contribution in [0.25, 0.3) is 0 Å². The standard InChI is InChI=1S/C17H23FN2O3/c18-14-3-5-15(6-4-14)23-16-10-20(11-16)17(21)19-8-7-13-2-1-9-22-12-13/h3-6,13,16H,1-2,7-12H2,(H,19,21)/t13-/m1/s1. The number of hydrogen-bond donors (Lipinski definition) is 1. The molecule has 2 saturated heterocycles. The van der Waals surface area contributed by atoms with Crippen LogP contribution in [0.2, 0.25) is 0 Å². The largest absolute Gasteiger partial charge is 0.487 e. The molecule has 2 aliphatic heterocycles. The molecule has 6 heteroatoms. The van der Waals surface area contributed by atoms with Crippen molar-refractivity contribution in [2.24, 2.45) is 5.92 Å². The van der Waals surface area contributed by atoms with E-state index in [9.17, 15) is 9.18 Å². The zero-order valence-electron chi connectivity index (χ0n) is 13.2. The summed E-state index contributed by atoms with van der Waals surface area (Å²) >= 11 is 0. The Balaban J connectivity index is 1.31. The molecular formula is C17H23FN2O3. The van der Waals surface area contributed by atoms with Crippen molar-refractivity contribution in [2.45, 2.75) is 25.4 Å². The Hall–Kier alpha value is -1.82. The number of ether oxygens (including phenoxy) is 2. The van der Waals surface area contributed by atoms with Gasteiger partial charge in [-0.3, -0.25) is 0 Å². The van der Waals surface area contributed by atoms with Crippen molar-refractivity contribution in [2.75, 3.05) is 32.8 Å². The Morgan fingerprint density at radius 3 is 2.83 bits per heavy atom. The highest BCUT2D eigenvalue weighted by Gasteiger charge is 2.32. The minimum absolute atomic E-state index is 0.0158. The predicted octanol–water partition coefficient (Wildman–Crippen LogP) is 2.42. The first-order valence-electron chi connectivity index (χ1n) is 8.23. The van der Waals surface area contributed by atoms with Crippen LogP contribution in [-0.2, 0) is 4.74 Å². The minimum atomic E-state index is -0.282. The van der Waals surface area contributed by atoms with E-state index in [1.165, 1.54) is 18.6 Å². The number of benzene rings is 1. The average Bonchev–Trinajstić information content (AvgIpc) is 2.53. The van der Waals surface area contributed by atoms with Crippen LogP contribution in [0.4, 0.5) is 9.18 Å².